The monoisotopic (exact) mass is 386 g/mol. The second kappa shape index (κ2) is 6.50. The molecule has 3 heterocycles. The molecule has 1 unspecified atom stereocenters. The molecule has 27 heavy (non-hydrogen) atoms. The van der Waals surface area contributed by atoms with E-state index >= 15 is 0 Å². The van der Waals surface area contributed by atoms with Crippen molar-refractivity contribution in [2.24, 2.45) is 5.73 Å². The van der Waals surface area contributed by atoms with E-state index in [0.717, 1.165) is 48.4 Å². The molecule has 0 spiro atoms. The van der Waals surface area contributed by atoms with Crippen LogP contribution in [-0.4, -0.2) is 48.4 Å². The van der Waals surface area contributed by atoms with E-state index in [1.54, 1.807) is 28.8 Å². The van der Waals surface area contributed by atoms with Crippen molar-refractivity contribution in [1.82, 2.24) is 14.6 Å². The summed E-state index contributed by atoms with van der Waals surface area (Å²) < 4.78 is 25.2. The molecule has 0 aliphatic carbocycles. The van der Waals surface area contributed by atoms with Crippen molar-refractivity contribution >= 4 is 26.9 Å². The third kappa shape index (κ3) is 3.24. The fourth-order valence-corrected chi connectivity index (χ4v) is 4.23. The van der Waals surface area contributed by atoms with E-state index in [1.165, 1.54) is 12.6 Å². The van der Waals surface area contributed by atoms with Gasteiger partial charge < -0.3 is 16.4 Å². The van der Waals surface area contributed by atoms with E-state index in [4.69, 9.17) is 11.5 Å². The Kier molecular flexibility index (Phi) is 4.27. The van der Waals surface area contributed by atoms with Gasteiger partial charge in [-0.05, 0) is 31.0 Å². The number of nitrogens with two attached hydrogens (primary N) is 2. The molecule has 1 aromatic carbocycles. The zero-order valence-corrected chi connectivity index (χ0v) is 15.9. The average Bonchev–Trinajstić information content (AvgIpc) is 3.02. The number of piperidine rings is 1. The fraction of sp³-hybridized carbons (Fsp3) is 0.333. The van der Waals surface area contributed by atoms with Crippen LogP contribution in [0, 0.1) is 0 Å². The maximum Gasteiger partial charge on any atom is 0.175 e. The number of aromatic nitrogens is 3. The largest absolute Gasteiger partial charge is 0.382 e. The number of nitrogen functional groups attached to an aromatic ring is 1. The highest BCUT2D eigenvalue weighted by atomic mass is 32.2. The summed E-state index contributed by atoms with van der Waals surface area (Å²) in [6, 6.07) is 8.91. The summed E-state index contributed by atoms with van der Waals surface area (Å²) in [6.45, 7) is 1.65. The summed E-state index contributed by atoms with van der Waals surface area (Å²) in [5, 5.41) is 4.37. The maximum atomic E-state index is 11.7. The average molecular weight is 386 g/mol. The van der Waals surface area contributed by atoms with Crippen LogP contribution in [0.3, 0.4) is 0 Å². The van der Waals surface area contributed by atoms with Crippen LogP contribution in [0.2, 0.25) is 0 Å². The van der Waals surface area contributed by atoms with Gasteiger partial charge in [0.2, 0.25) is 0 Å². The minimum absolute atomic E-state index is 0.122. The minimum Gasteiger partial charge on any atom is -0.382 e. The van der Waals surface area contributed by atoms with Crippen LogP contribution in [0.5, 0.6) is 0 Å². The lowest BCUT2D eigenvalue weighted by Gasteiger charge is -2.32. The highest BCUT2D eigenvalue weighted by Crippen LogP contribution is 2.35. The normalized spacial score (nSPS) is 18.1. The first-order chi connectivity index (χ1) is 12.8. The molecular formula is C18H22N6O2S. The Hall–Kier alpha value is -2.65. The van der Waals surface area contributed by atoms with Gasteiger partial charge in [0.15, 0.2) is 15.7 Å². The molecule has 1 atom stereocenters. The number of nitrogens with zero attached hydrogens (tertiary/aromatic N) is 4. The summed E-state index contributed by atoms with van der Waals surface area (Å²) >= 11 is 0. The minimum atomic E-state index is -3.24. The van der Waals surface area contributed by atoms with Crippen LogP contribution in [0.4, 0.5) is 11.5 Å². The van der Waals surface area contributed by atoms with Crippen molar-refractivity contribution in [3.05, 3.63) is 36.7 Å². The molecule has 142 valence electrons. The van der Waals surface area contributed by atoms with Gasteiger partial charge in [0, 0.05) is 31.0 Å². The molecule has 1 aliphatic heterocycles. The van der Waals surface area contributed by atoms with Crippen LogP contribution in [0.25, 0.3) is 16.8 Å². The summed E-state index contributed by atoms with van der Waals surface area (Å²) in [7, 11) is -3.24. The zero-order valence-electron chi connectivity index (χ0n) is 15.0. The van der Waals surface area contributed by atoms with Gasteiger partial charge in [-0.25, -0.2) is 17.9 Å². The smallest absolute Gasteiger partial charge is 0.175 e. The molecule has 1 aliphatic rings. The number of sulfone groups is 1. The first-order valence-corrected chi connectivity index (χ1v) is 10.7. The van der Waals surface area contributed by atoms with Gasteiger partial charge >= 0.3 is 0 Å². The van der Waals surface area contributed by atoms with Crippen LogP contribution in [0.15, 0.2) is 41.6 Å². The van der Waals surface area contributed by atoms with Gasteiger partial charge in [-0.15, -0.1) is 0 Å². The van der Waals surface area contributed by atoms with Crippen molar-refractivity contribution in [2.45, 2.75) is 23.8 Å². The Morgan fingerprint density at radius 2 is 1.96 bits per heavy atom. The second-order valence-electron chi connectivity index (χ2n) is 6.97. The first kappa shape index (κ1) is 17.7. The van der Waals surface area contributed by atoms with Crippen molar-refractivity contribution in [2.75, 3.05) is 30.0 Å². The molecule has 2 aromatic heterocycles. The van der Waals surface area contributed by atoms with Crippen LogP contribution in [0.1, 0.15) is 12.8 Å². The van der Waals surface area contributed by atoms with Crippen molar-refractivity contribution in [3.8, 4) is 11.3 Å². The van der Waals surface area contributed by atoms with E-state index in [-0.39, 0.29) is 10.9 Å². The fourth-order valence-electron chi connectivity index (χ4n) is 3.60. The summed E-state index contributed by atoms with van der Waals surface area (Å²) in [5.41, 5.74) is 15.7. The lowest BCUT2D eigenvalue weighted by molar-refractivity contribution is 0.507. The molecule has 0 saturated carbocycles. The Morgan fingerprint density at radius 3 is 2.63 bits per heavy atom. The van der Waals surface area contributed by atoms with E-state index < -0.39 is 9.84 Å². The highest BCUT2D eigenvalue weighted by molar-refractivity contribution is 7.90. The third-order valence-corrected chi connectivity index (χ3v) is 6.07. The Balaban J connectivity index is 1.85. The lowest BCUT2D eigenvalue weighted by atomic mass is 10.1. The van der Waals surface area contributed by atoms with Crippen LogP contribution < -0.4 is 16.4 Å². The van der Waals surface area contributed by atoms with E-state index in [0.29, 0.717) is 5.82 Å². The van der Waals surface area contributed by atoms with Crippen LogP contribution >= 0.6 is 0 Å². The molecule has 4 rings (SSSR count). The summed E-state index contributed by atoms with van der Waals surface area (Å²) in [5.74, 6) is 0.401. The van der Waals surface area contributed by atoms with E-state index in [9.17, 15) is 8.42 Å². The standard InChI is InChI=1S/C18H22N6O2S/c1-27(25,26)14-6-4-12(5-7-14)15-9-16(23-8-2-3-13(19)10-23)17-18(20)21-11-22-24(15)17/h4-7,9,11,13H,2-3,8,10,19H2,1H3,(H2,20,21,22). The zero-order chi connectivity index (χ0) is 19.2. The summed E-state index contributed by atoms with van der Waals surface area (Å²) in [6.07, 6.45) is 4.64. The van der Waals surface area contributed by atoms with Crippen molar-refractivity contribution < 1.29 is 8.42 Å². The number of rotatable bonds is 3. The van der Waals surface area contributed by atoms with Gasteiger partial charge in [-0.2, -0.15) is 5.10 Å². The molecule has 0 bridgehead atoms. The molecule has 3 aromatic rings. The SMILES string of the molecule is CS(=O)(=O)c1ccc(-c2cc(N3CCCC(N)C3)c3c(N)ncnn23)cc1. The molecule has 4 N–H and O–H groups in total. The quantitative estimate of drug-likeness (QED) is 0.696. The van der Waals surface area contributed by atoms with Crippen molar-refractivity contribution in [1.29, 1.82) is 0 Å². The van der Waals surface area contributed by atoms with Gasteiger partial charge in [-0.1, -0.05) is 12.1 Å². The van der Waals surface area contributed by atoms with Gasteiger partial charge in [-0.3, -0.25) is 0 Å². The number of anilines is 2. The first-order valence-electron chi connectivity index (χ1n) is 8.78. The molecule has 1 saturated heterocycles. The Morgan fingerprint density at radius 1 is 1.22 bits per heavy atom. The molecular weight excluding hydrogens is 364 g/mol. The highest BCUT2D eigenvalue weighted by Gasteiger charge is 2.23. The number of hydrogen-bond acceptors (Lipinski definition) is 7. The number of fused-ring (bicyclic) bond motifs is 1. The molecule has 9 heteroatoms. The molecule has 1 fully saturated rings. The Labute approximate surface area is 157 Å². The predicted octanol–water partition coefficient (Wildman–Crippen LogP) is 1.31. The Bertz CT molecular complexity index is 1090. The van der Waals surface area contributed by atoms with Gasteiger partial charge in [0.25, 0.3) is 0 Å². The lowest BCUT2D eigenvalue weighted by Crippen LogP contribution is -2.42. The topological polar surface area (TPSA) is 120 Å². The molecule has 0 amide bonds. The molecule has 8 nitrogen and oxygen atoms in total. The van der Waals surface area contributed by atoms with E-state index in [1.807, 2.05) is 6.07 Å². The van der Waals surface area contributed by atoms with Crippen LogP contribution in [-0.2, 0) is 9.84 Å². The van der Waals surface area contributed by atoms with Crippen molar-refractivity contribution in [3.63, 3.8) is 0 Å². The van der Waals surface area contributed by atoms with E-state index in [2.05, 4.69) is 15.0 Å². The van der Waals surface area contributed by atoms with Gasteiger partial charge in [0.1, 0.15) is 11.8 Å². The maximum absolute atomic E-state index is 11.7. The number of hydrogen-bond donors (Lipinski definition) is 2. The molecule has 0 radical (unpaired) electrons. The number of benzene rings is 1. The summed E-state index contributed by atoms with van der Waals surface area (Å²) in [4.78, 5) is 6.64. The van der Waals surface area contributed by atoms with Gasteiger partial charge in [0.05, 0.1) is 16.3 Å². The second-order valence-corrected chi connectivity index (χ2v) is 8.98. The predicted molar refractivity (Wildman–Crippen MR) is 105 cm³/mol. The third-order valence-electron chi connectivity index (χ3n) is 4.94.